The minimum absolute atomic E-state index is 0.0565. The molecule has 0 bridgehead atoms. The van der Waals surface area contributed by atoms with Gasteiger partial charge in [0, 0.05) is 22.8 Å². The number of ether oxygens (including phenoxy) is 1. The molecular formula is C22H16ClF2N5O4. The van der Waals surface area contributed by atoms with Crippen LogP contribution < -0.4 is 10.1 Å². The van der Waals surface area contributed by atoms with Crippen LogP contribution in [0.4, 0.5) is 20.2 Å². The van der Waals surface area contributed by atoms with E-state index in [4.69, 9.17) is 16.3 Å². The fraction of sp³-hybridized carbons (Fsp3) is 0.136. The molecule has 0 spiro atoms. The molecule has 0 saturated carbocycles. The van der Waals surface area contributed by atoms with Crippen LogP contribution in [0.2, 0.25) is 5.02 Å². The number of benzene rings is 2. The fourth-order valence-electron chi connectivity index (χ4n) is 3.26. The van der Waals surface area contributed by atoms with Gasteiger partial charge in [0.25, 0.3) is 18.0 Å². The number of hydrogen-bond donors (Lipinski definition) is 1. The molecule has 9 nitrogen and oxygen atoms in total. The van der Waals surface area contributed by atoms with Gasteiger partial charge in [0.05, 0.1) is 22.9 Å². The lowest BCUT2D eigenvalue weighted by molar-refractivity contribution is -0.384. The van der Waals surface area contributed by atoms with Crippen LogP contribution in [0.15, 0.2) is 48.7 Å². The summed E-state index contributed by atoms with van der Waals surface area (Å²) in [6, 6.07) is 9.80. The van der Waals surface area contributed by atoms with Gasteiger partial charge in [-0.2, -0.15) is 5.10 Å². The Balaban J connectivity index is 1.67. The highest BCUT2D eigenvalue weighted by Gasteiger charge is 2.21. The predicted molar refractivity (Wildman–Crippen MR) is 120 cm³/mol. The van der Waals surface area contributed by atoms with E-state index in [0.29, 0.717) is 10.8 Å². The molecule has 1 amide bonds. The van der Waals surface area contributed by atoms with Crippen molar-refractivity contribution in [1.82, 2.24) is 14.6 Å². The molecule has 0 atom stereocenters. The Bertz CT molecular complexity index is 1440. The lowest BCUT2D eigenvalue weighted by Crippen LogP contribution is -2.13. The quantitative estimate of drug-likeness (QED) is 0.268. The Kier molecular flexibility index (Phi) is 6.12. The topological polar surface area (TPSA) is 112 Å². The first-order chi connectivity index (χ1) is 16.1. The summed E-state index contributed by atoms with van der Waals surface area (Å²) in [4.78, 5) is 27.8. The average Bonchev–Trinajstić information content (AvgIpc) is 3.19. The Morgan fingerprint density at radius 1 is 1.18 bits per heavy atom. The fourth-order valence-corrected chi connectivity index (χ4v) is 3.38. The largest absolute Gasteiger partial charge is 0.457 e. The van der Waals surface area contributed by atoms with Crippen molar-refractivity contribution in [2.75, 3.05) is 5.32 Å². The standard InChI is InChI=1S/C22H16ClF2N5O4/c1-11-5-15(3-4-18(11)23)34-16-8-13(7-14(9-16)30(32)33)28-22(31)17-10-26-29-19(20(24)25)6-12(2)27-21(17)29/h3-10,20H,1-2H3,(H,28,31). The molecule has 0 aliphatic rings. The third-order valence-electron chi connectivity index (χ3n) is 4.82. The molecule has 4 aromatic rings. The minimum Gasteiger partial charge on any atom is -0.457 e. The highest BCUT2D eigenvalue weighted by atomic mass is 35.5. The van der Waals surface area contributed by atoms with Gasteiger partial charge in [-0.25, -0.2) is 18.3 Å². The Hall–Kier alpha value is -4.12. The minimum atomic E-state index is -2.83. The first kappa shape index (κ1) is 23.1. The summed E-state index contributed by atoms with van der Waals surface area (Å²) in [5.41, 5.74) is 0.206. The summed E-state index contributed by atoms with van der Waals surface area (Å²) < 4.78 is 33.3. The molecule has 0 fully saturated rings. The number of nitro groups is 1. The summed E-state index contributed by atoms with van der Waals surface area (Å²) >= 11 is 6.01. The van der Waals surface area contributed by atoms with Gasteiger partial charge in [0.2, 0.25) is 0 Å². The number of anilines is 1. The van der Waals surface area contributed by atoms with E-state index in [-0.39, 0.29) is 34.0 Å². The van der Waals surface area contributed by atoms with Crippen LogP contribution >= 0.6 is 11.6 Å². The van der Waals surface area contributed by atoms with E-state index in [1.54, 1.807) is 25.1 Å². The number of carbonyl (C=O) groups excluding carboxylic acids is 1. The van der Waals surface area contributed by atoms with Crippen LogP contribution in [0, 0.1) is 24.0 Å². The van der Waals surface area contributed by atoms with E-state index in [2.05, 4.69) is 15.4 Å². The van der Waals surface area contributed by atoms with E-state index in [9.17, 15) is 23.7 Å². The number of aryl methyl sites for hydroxylation is 2. The van der Waals surface area contributed by atoms with Crippen molar-refractivity contribution < 1.29 is 23.2 Å². The van der Waals surface area contributed by atoms with Gasteiger partial charge in [-0.15, -0.1) is 0 Å². The van der Waals surface area contributed by atoms with Crippen LogP contribution in [0.1, 0.15) is 33.7 Å². The molecule has 1 N–H and O–H groups in total. The first-order valence-electron chi connectivity index (χ1n) is 9.80. The Labute approximate surface area is 196 Å². The van der Waals surface area contributed by atoms with Gasteiger partial charge in [-0.3, -0.25) is 14.9 Å². The normalized spacial score (nSPS) is 11.1. The lowest BCUT2D eigenvalue weighted by atomic mass is 10.2. The molecule has 2 heterocycles. The van der Waals surface area contributed by atoms with Gasteiger partial charge < -0.3 is 10.1 Å². The maximum Gasteiger partial charge on any atom is 0.280 e. The zero-order chi connectivity index (χ0) is 24.6. The molecule has 174 valence electrons. The van der Waals surface area contributed by atoms with E-state index in [1.807, 2.05) is 0 Å². The number of nitro benzene ring substituents is 1. The van der Waals surface area contributed by atoms with Crippen molar-refractivity contribution in [2.24, 2.45) is 0 Å². The van der Waals surface area contributed by atoms with Gasteiger partial charge in [-0.05, 0) is 43.7 Å². The maximum absolute atomic E-state index is 13.4. The molecule has 34 heavy (non-hydrogen) atoms. The van der Waals surface area contributed by atoms with Crippen LogP contribution in [-0.4, -0.2) is 25.4 Å². The first-order valence-corrected chi connectivity index (χ1v) is 10.2. The summed E-state index contributed by atoms with van der Waals surface area (Å²) in [6.45, 7) is 3.29. The van der Waals surface area contributed by atoms with Crippen molar-refractivity contribution in [2.45, 2.75) is 20.3 Å². The van der Waals surface area contributed by atoms with Crippen LogP contribution in [0.3, 0.4) is 0 Å². The molecule has 0 unspecified atom stereocenters. The zero-order valence-corrected chi connectivity index (χ0v) is 18.5. The predicted octanol–water partition coefficient (Wildman–Crippen LogP) is 5.89. The maximum atomic E-state index is 13.4. The number of alkyl halides is 2. The smallest absolute Gasteiger partial charge is 0.280 e. The Morgan fingerprint density at radius 3 is 2.62 bits per heavy atom. The van der Waals surface area contributed by atoms with Gasteiger partial charge >= 0.3 is 0 Å². The summed E-state index contributed by atoms with van der Waals surface area (Å²) in [5.74, 6) is -0.247. The highest BCUT2D eigenvalue weighted by molar-refractivity contribution is 6.31. The van der Waals surface area contributed by atoms with Crippen molar-refractivity contribution in [1.29, 1.82) is 0 Å². The molecule has 2 aromatic carbocycles. The highest BCUT2D eigenvalue weighted by Crippen LogP contribution is 2.32. The summed E-state index contributed by atoms with van der Waals surface area (Å²) in [5, 5.41) is 18.3. The number of nitrogens with zero attached hydrogens (tertiary/aromatic N) is 4. The number of rotatable bonds is 6. The van der Waals surface area contributed by atoms with Crippen molar-refractivity contribution in [3.8, 4) is 11.5 Å². The van der Waals surface area contributed by atoms with Crippen LogP contribution in [0.5, 0.6) is 11.5 Å². The summed E-state index contributed by atoms with van der Waals surface area (Å²) in [6.07, 6.45) is -1.72. The lowest BCUT2D eigenvalue weighted by Gasteiger charge is -2.10. The second kappa shape index (κ2) is 9.02. The molecule has 2 aromatic heterocycles. The summed E-state index contributed by atoms with van der Waals surface area (Å²) in [7, 11) is 0. The number of nitrogens with one attached hydrogen (secondary N) is 1. The van der Waals surface area contributed by atoms with Gasteiger partial charge in [-0.1, -0.05) is 11.6 Å². The van der Waals surface area contributed by atoms with Crippen molar-refractivity contribution in [3.05, 3.63) is 86.3 Å². The van der Waals surface area contributed by atoms with Gasteiger partial charge in [0.1, 0.15) is 22.8 Å². The van der Waals surface area contributed by atoms with E-state index >= 15 is 0 Å². The second-order valence-electron chi connectivity index (χ2n) is 7.36. The van der Waals surface area contributed by atoms with E-state index in [1.165, 1.54) is 25.1 Å². The number of halogens is 3. The third-order valence-corrected chi connectivity index (χ3v) is 5.24. The Morgan fingerprint density at radius 2 is 1.94 bits per heavy atom. The van der Waals surface area contributed by atoms with Gasteiger partial charge in [0.15, 0.2) is 5.65 Å². The van der Waals surface area contributed by atoms with E-state index in [0.717, 1.165) is 22.3 Å². The average molecular weight is 488 g/mol. The number of non-ortho nitro benzene ring substituents is 1. The number of hydrogen-bond acceptors (Lipinski definition) is 6. The number of aromatic nitrogens is 3. The van der Waals surface area contributed by atoms with Crippen LogP contribution in [-0.2, 0) is 0 Å². The SMILES string of the molecule is Cc1cc(C(F)F)n2ncc(C(=O)Nc3cc(Oc4ccc(Cl)c(C)c4)cc([N+](=O)[O-])c3)c2n1. The monoisotopic (exact) mass is 487 g/mol. The molecule has 4 rings (SSSR count). The third kappa shape index (κ3) is 4.64. The molecule has 0 radical (unpaired) electrons. The molecule has 0 aliphatic carbocycles. The number of carbonyl (C=O) groups is 1. The zero-order valence-electron chi connectivity index (χ0n) is 17.8. The molecular weight excluding hydrogens is 472 g/mol. The van der Waals surface area contributed by atoms with Crippen molar-refractivity contribution in [3.63, 3.8) is 0 Å². The number of fused-ring (bicyclic) bond motifs is 1. The number of amides is 1. The van der Waals surface area contributed by atoms with E-state index < -0.39 is 22.9 Å². The van der Waals surface area contributed by atoms with Crippen molar-refractivity contribution >= 4 is 34.5 Å². The second-order valence-corrected chi connectivity index (χ2v) is 7.76. The van der Waals surface area contributed by atoms with Crippen LogP contribution in [0.25, 0.3) is 5.65 Å². The molecule has 0 saturated heterocycles. The molecule has 12 heteroatoms. The molecule has 0 aliphatic heterocycles.